The molecule has 4 aromatic rings. The van der Waals surface area contributed by atoms with Gasteiger partial charge in [0.05, 0.1) is 10.6 Å². The second kappa shape index (κ2) is 7.82. The number of hydrogen-bond acceptors (Lipinski definition) is 7. The van der Waals surface area contributed by atoms with Crippen molar-refractivity contribution in [2.75, 3.05) is 0 Å². The molecule has 140 valence electrons. The van der Waals surface area contributed by atoms with Gasteiger partial charge in [0.1, 0.15) is 6.26 Å². The van der Waals surface area contributed by atoms with Crippen LogP contribution in [0, 0.1) is 13.8 Å². The van der Waals surface area contributed by atoms with E-state index < -0.39 is 0 Å². The molecule has 0 aliphatic rings. The van der Waals surface area contributed by atoms with Crippen molar-refractivity contribution in [3.8, 4) is 10.8 Å². The predicted molar refractivity (Wildman–Crippen MR) is 108 cm³/mol. The highest BCUT2D eigenvalue weighted by Gasteiger charge is 2.14. The lowest BCUT2D eigenvalue weighted by atomic mass is 10.1. The maximum absolute atomic E-state index is 5.57. The largest absolute Gasteiger partial charge is 0.444 e. The number of hydrogen-bond donors (Lipinski definition) is 0. The zero-order valence-corrected chi connectivity index (χ0v) is 17.2. The zero-order valence-electron chi connectivity index (χ0n) is 15.6. The maximum atomic E-state index is 5.57. The van der Waals surface area contributed by atoms with E-state index in [-0.39, 0.29) is 0 Å². The number of fused-ring (bicyclic) bond motifs is 1. The SMILES string of the molecule is CCCCc1c(C)nc2nc(SCc3coc(-c4cccs4)n3)nn2c1C. The van der Waals surface area contributed by atoms with Gasteiger partial charge in [0.15, 0.2) is 0 Å². The molecule has 0 atom stereocenters. The lowest BCUT2D eigenvalue weighted by Crippen LogP contribution is -2.05. The number of aromatic nitrogens is 5. The molecule has 4 aromatic heterocycles. The minimum atomic E-state index is 0.659. The third-order valence-electron chi connectivity index (χ3n) is 4.44. The number of oxazole rings is 1. The van der Waals surface area contributed by atoms with Crippen LogP contribution < -0.4 is 0 Å². The van der Waals surface area contributed by atoms with Crippen LogP contribution >= 0.6 is 23.1 Å². The summed E-state index contributed by atoms with van der Waals surface area (Å²) < 4.78 is 7.43. The Morgan fingerprint density at radius 3 is 2.89 bits per heavy atom. The van der Waals surface area contributed by atoms with E-state index in [1.807, 2.05) is 22.0 Å². The normalized spacial score (nSPS) is 11.5. The Morgan fingerprint density at radius 2 is 2.11 bits per heavy atom. The summed E-state index contributed by atoms with van der Waals surface area (Å²) in [4.78, 5) is 14.8. The van der Waals surface area contributed by atoms with Gasteiger partial charge in [-0.3, -0.25) is 0 Å². The molecule has 0 aliphatic heterocycles. The number of aryl methyl sites for hydroxylation is 2. The molecule has 0 radical (unpaired) electrons. The first kappa shape index (κ1) is 18.2. The Morgan fingerprint density at radius 1 is 1.22 bits per heavy atom. The summed E-state index contributed by atoms with van der Waals surface area (Å²) in [5.41, 5.74) is 4.34. The second-order valence-corrected chi connectivity index (χ2v) is 8.27. The van der Waals surface area contributed by atoms with Gasteiger partial charge in [-0.05, 0) is 43.7 Å². The number of nitrogens with zero attached hydrogens (tertiary/aromatic N) is 5. The third-order valence-corrected chi connectivity index (χ3v) is 6.17. The van der Waals surface area contributed by atoms with E-state index in [4.69, 9.17) is 4.42 Å². The molecule has 6 nitrogen and oxygen atoms in total. The Hall–Kier alpha value is -2.19. The quantitative estimate of drug-likeness (QED) is 0.403. The van der Waals surface area contributed by atoms with Crippen LogP contribution in [0.5, 0.6) is 0 Å². The highest BCUT2D eigenvalue weighted by Crippen LogP contribution is 2.26. The summed E-state index contributed by atoms with van der Waals surface area (Å²) in [5, 5.41) is 7.36. The average molecular weight is 400 g/mol. The molecule has 0 amide bonds. The molecule has 0 bridgehead atoms. The van der Waals surface area contributed by atoms with Crippen molar-refractivity contribution in [1.82, 2.24) is 24.6 Å². The number of thiophene rings is 1. The molecule has 0 fully saturated rings. The number of thioether (sulfide) groups is 1. The highest BCUT2D eigenvalue weighted by molar-refractivity contribution is 7.98. The Labute approximate surface area is 166 Å². The van der Waals surface area contributed by atoms with Crippen molar-refractivity contribution in [3.05, 3.63) is 46.4 Å². The highest BCUT2D eigenvalue weighted by atomic mass is 32.2. The molecular weight excluding hydrogens is 378 g/mol. The first-order valence-electron chi connectivity index (χ1n) is 8.99. The Kier molecular flexibility index (Phi) is 5.27. The van der Waals surface area contributed by atoms with E-state index in [0.29, 0.717) is 22.6 Å². The molecule has 4 rings (SSSR count). The van der Waals surface area contributed by atoms with E-state index in [0.717, 1.165) is 34.8 Å². The first-order chi connectivity index (χ1) is 13.2. The summed E-state index contributed by atoms with van der Waals surface area (Å²) in [6, 6.07) is 4.00. The Bertz CT molecular complexity index is 1050. The second-order valence-electron chi connectivity index (χ2n) is 6.38. The summed E-state index contributed by atoms with van der Waals surface area (Å²) in [6.45, 7) is 6.36. The molecule has 0 spiro atoms. The van der Waals surface area contributed by atoms with Gasteiger partial charge in [-0.15, -0.1) is 16.4 Å². The van der Waals surface area contributed by atoms with Gasteiger partial charge in [0.25, 0.3) is 5.78 Å². The summed E-state index contributed by atoms with van der Waals surface area (Å²) in [5.74, 6) is 1.98. The molecule has 0 saturated carbocycles. The fourth-order valence-corrected chi connectivity index (χ4v) is 4.34. The molecule has 4 heterocycles. The van der Waals surface area contributed by atoms with Gasteiger partial charge in [0.2, 0.25) is 11.0 Å². The van der Waals surface area contributed by atoms with Crippen LogP contribution in [-0.4, -0.2) is 24.6 Å². The van der Waals surface area contributed by atoms with Crippen LogP contribution in [-0.2, 0) is 12.2 Å². The van der Waals surface area contributed by atoms with E-state index in [9.17, 15) is 0 Å². The van der Waals surface area contributed by atoms with Gasteiger partial charge in [-0.1, -0.05) is 31.2 Å². The molecule has 27 heavy (non-hydrogen) atoms. The molecule has 8 heteroatoms. The van der Waals surface area contributed by atoms with Crippen LogP contribution in [0.4, 0.5) is 0 Å². The van der Waals surface area contributed by atoms with E-state index in [2.05, 4.69) is 40.8 Å². The van der Waals surface area contributed by atoms with Gasteiger partial charge in [0, 0.05) is 17.1 Å². The minimum Gasteiger partial charge on any atom is -0.444 e. The molecule has 0 aliphatic carbocycles. The van der Waals surface area contributed by atoms with Crippen molar-refractivity contribution in [2.45, 2.75) is 50.9 Å². The third kappa shape index (κ3) is 3.77. The van der Waals surface area contributed by atoms with E-state index >= 15 is 0 Å². The minimum absolute atomic E-state index is 0.659. The molecule has 0 unspecified atom stereocenters. The lowest BCUT2D eigenvalue weighted by molar-refractivity contribution is 0.575. The number of unbranched alkanes of at least 4 members (excludes halogenated alkanes) is 1. The van der Waals surface area contributed by atoms with E-state index in [1.54, 1.807) is 29.4 Å². The Balaban J connectivity index is 1.52. The van der Waals surface area contributed by atoms with Crippen molar-refractivity contribution >= 4 is 28.9 Å². The van der Waals surface area contributed by atoms with Crippen molar-refractivity contribution in [1.29, 1.82) is 0 Å². The van der Waals surface area contributed by atoms with Crippen molar-refractivity contribution in [2.24, 2.45) is 0 Å². The van der Waals surface area contributed by atoms with Gasteiger partial charge in [-0.25, -0.2) is 14.5 Å². The van der Waals surface area contributed by atoms with Crippen molar-refractivity contribution < 1.29 is 4.42 Å². The number of rotatable bonds is 7. The maximum Gasteiger partial charge on any atom is 0.253 e. The molecule has 0 saturated heterocycles. The van der Waals surface area contributed by atoms with Crippen LogP contribution in [0.1, 0.15) is 42.4 Å². The van der Waals surface area contributed by atoms with E-state index in [1.165, 1.54) is 12.0 Å². The topological polar surface area (TPSA) is 69.1 Å². The fourth-order valence-electron chi connectivity index (χ4n) is 2.99. The van der Waals surface area contributed by atoms with Crippen LogP contribution in [0.15, 0.2) is 33.3 Å². The van der Waals surface area contributed by atoms with Gasteiger partial charge in [-0.2, -0.15) is 4.98 Å². The first-order valence-corrected chi connectivity index (χ1v) is 10.9. The molecule has 0 N–H and O–H groups in total. The monoisotopic (exact) mass is 399 g/mol. The molecular formula is C19H21N5OS2. The smallest absolute Gasteiger partial charge is 0.253 e. The lowest BCUT2D eigenvalue weighted by Gasteiger charge is -2.09. The summed E-state index contributed by atoms with van der Waals surface area (Å²) in [7, 11) is 0. The van der Waals surface area contributed by atoms with Crippen molar-refractivity contribution in [3.63, 3.8) is 0 Å². The standard InChI is InChI=1S/C19H21N5OS2/c1-4-5-7-15-12(2)20-18-22-19(23-24(18)13(15)3)27-11-14-10-25-17(21-14)16-8-6-9-26-16/h6,8-10H,4-5,7,11H2,1-3H3. The average Bonchev–Trinajstić information content (AvgIpc) is 3.39. The predicted octanol–water partition coefficient (Wildman–Crippen LogP) is 5.09. The van der Waals surface area contributed by atoms with Gasteiger partial charge >= 0.3 is 0 Å². The zero-order chi connectivity index (χ0) is 18.8. The summed E-state index contributed by atoms with van der Waals surface area (Å²) in [6.07, 6.45) is 5.06. The summed E-state index contributed by atoms with van der Waals surface area (Å²) >= 11 is 3.16. The van der Waals surface area contributed by atoms with Crippen LogP contribution in [0.3, 0.4) is 0 Å². The van der Waals surface area contributed by atoms with Crippen LogP contribution in [0.2, 0.25) is 0 Å². The van der Waals surface area contributed by atoms with Gasteiger partial charge < -0.3 is 4.42 Å². The van der Waals surface area contributed by atoms with Crippen LogP contribution in [0.25, 0.3) is 16.5 Å². The molecule has 0 aromatic carbocycles. The fraction of sp³-hybridized carbons (Fsp3) is 0.368.